The van der Waals surface area contributed by atoms with Crippen molar-refractivity contribution in [2.24, 2.45) is 5.92 Å². The predicted molar refractivity (Wildman–Crippen MR) is 159 cm³/mol. The molecule has 44 heavy (non-hydrogen) atoms. The van der Waals surface area contributed by atoms with Crippen molar-refractivity contribution in [3.63, 3.8) is 0 Å². The van der Waals surface area contributed by atoms with E-state index < -0.39 is 30.7 Å². The van der Waals surface area contributed by atoms with Gasteiger partial charge in [0, 0.05) is 25.2 Å². The van der Waals surface area contributed by atoms with Crippen LogP contribution in [0.2, 0.25) is 0 Å². The fourth-order valence-electron chi connectivity index (χ4n) is 5.13. The minimum Gasteiger partial charge on any atom is -0.493 e. The molecule has 1 unspecified atom stereocenters. The molecular weight excluding hydrogens is 577 g/mol. The van der Waals surface area contributed by atoms with Gasteiger partial charge in [-0.25, -0.2) is 4.79 Å². The van der Waals surface area contributed by atoms with Gasteiger partial charge in [-0.2, -0.15) is 13.2 Å². The summed E-state index contributed by atoms with van der Waals surface area (Å²) in [5.41, 5.74) is 6.48. The van der Waals surface area contributed by atoms with E-state index in [1.165, 1.54) is 0 Å². The second-order valence-electron chi connectivity index (χ2n) is 10.7. The number of amides is 2. The number of fused-ring (bicyclic) bond motifs is 1. The van der Waals surface area contributed by atoms with Crippen LogP contribution in [0.25, 0.3) is 11.1 Å². The predicted octanol–water partition coefficient (Wildman–Crippen LogP) is 6.60. The number of hydrogen-bond acceptors (Lipinski definition) is 5. The highest BCUT2D eigenvalue weighted by atomic mass is 19.4. The second kappa shape index (κ2) is 14.3. The zero-order valence-corrected chi connectivity index (χ0v) is 24.6. The third-order valence-electron chi connectivity index (χ3n) is 7.65. The Bertz CT molecular complexity index is 1510. The number of halogens is 3. The van der Waals surface area contributed by atoms with Gasteiger partial charge in [-0.3, -0.25) is 9.59 Å². The van der Waals surface area contributed by atoms with Crippen LogP contribution >= 0.6 is 0 Å². The molecule has 3 aromatic carbocycles. The van der Waals surface area contributed by atoms with Crippen LogP contribution in [0.1, 0.15) is 41.5 Å². The number of anilines is 1. The van der Waals surface area contributed by atoms with Crippen molar-refractivity contribution in [2.45, 2.75) is 52.3 Å². The number of ether oxygens (including phenoxy) is 2. The number of carbonyl (C=O) groups excluding carboxylic acids is 2. The highest BCUT2D eigenvalue weighted by molar-refractivity contribution is 5.96. The number of aryl methyl sites for hydroxylation is 1. The van der Waals surface area contributed by atoms with Gasteiger partial charge in [0.05, 0.1) is 6.61 Å². The highest BCUT2D eigenvalue weighted by Crippen LogP contribution is 2.36. The molecule has 3 aromatic rings. The van der Waals surface area contributed by atoms with Gasteiger partial charge in [0.1, 0.15) is 12.4 Å². The first-order chi connectivity index (χ1) is 21.0. The molecule has 0 aromatic heterocycles. The average molecular weight is 613 g/mol. The normalized spacial score (nSPS) is 13.5. The molecule has 0 bridgehead atoms. The first-order valence-electron chi connectivity index (χ1n) is 14.4. The van der Waals surface area contributed by atoms with E-state index >= 15 is 0 Å². The van der Waals surface area contributed by atoms with Gasteiger partial charge < -0.3 is 24.8 Å². The molecule has 0 fully saturated rings. The summed E-state index contributed by atoms with van der Waals surface area (Å²) in [5, 5.41) is 10.6. The molecule has 0 saturated carbocycles. The van der Waals surface area contributed by atoms with E-state index in [2.05, 4.69) is 0 Å². The number of benzene rings is 3. The maximum Gasteiger partial charge on any atom is 0.407 e. The SMILES string of the molecule is Cc1cccc(OCCCC(=O)N2CCCc3c(-c4cccc(COC(=O)NCC(C(=O)O)C(F)(F)F)c4)cccc32)c1C. The van der Waals surface area contributed by atoms with Crippen LogP contribution in [0.15, 0.2) is 60.7 Å². The molecule has 2 amide bonds. The van der Waals surface area contributed by atoms with E-state index in [9.17, 15) is 27.6 Å². The summed E-state index contributed by atoms with van der Waals surface area (Å²) in [7, 11) is 0. The fraction of sp³-hybridized carbons (Fsp3) is 0.364. The molecule has 1 aliphatic rings. The van der Waals surface area contributed by atoms with Crippen LogP contribution in [0.4, 0.5) is 23.7 Å². The second-order valence-corrected chi connectivity index (χ2v) is 10.7. The molecule has 11 heteroatoms. The molecule has 234 valence electrons. The van der Waals surface area contributed by atoms with Crippen molar-refractivity contribution in [2.75, 3.05) is 24.6 Å². The lowest BCUT2D eigenvalue weighted by molar-refractivity contribution is -0.192. The van der Waals surface area contributed by atoms with Gasteiger partial charge in [-0.1, -0.05) is 42.5 Å². The van der Waals surface area contributed by atoms with Gasteiger partial charge in [-0.05, 0) is 84.7 Å². The standard InChI is InChI=1S/C33H35F3N2O6/c1-21-8-3-14-29(22(21)2)43-17-7-15-30(39)38-16-6-12-26-25(11-5-13-28(26)38)24-10-4-9-23(18-24)20-44-32(42)37-19-27(31(40)41)33(34,35)36/h3-5,8-11,13-14,18,27H,6-7,12,15-17,19-20H2,1-2H3,(H,37,42)(H,40,41). The number of nitrogens with zero attached hydrogens (tertiary/aromatic N) is 1. The largest absolute Gasteiger partial charge is 0.493 e. The van der Waals surface area contributed by atoms with E-state index in [4.69, 9.17) is 14.6 Å². The van der Waals surface area contributed by atoms with Crippen LogP contribution in [0.3, 0.4) is 0 Å². The molecule has 1 atom stereocenters. The van der Waals surface area contributed by atoms with Crippen LogP contribution in [-0.2, 0) is 27.4 Å². The molecule has 2 N–H and O–H groups in total. The number of alkyl carbamates (subject to hydrolysis) is 1. The smallest absolute Gasteiger partial charge is 0.407 e. The minimum absolute atomic E-state index is 0.0245. The minimum atomic E-state index is -5.00. The number of carboxylic acids is 1. The average Bonchev–Trinajstić information content (AvgIpc) is 2.99. The van der Waals surface area contributed by atoms with Crippen LogP contribution in [0.5, 0.6) is 5.75 Å². The maximum atomic E-state index is 13.3. The molecule has 1 aliphatic heterocycles. The number of alkyl halides is 3. The number of nitrogens with one attached hydrogen (secondary N) is 1. The third kappa shape index (κ3) is 8.09. The summed E-state index contributed by atoms with van der Waals surface area (Å²) in [6, 6.07) is 18.9. The van der Waals surface area contributed by atoms with Gasteiger partial charge in [0.2, 0.25) is 5.91 Å². The Morgan fingerprint density at radius 1 is 1.05 bits per heavy atom. The molecule has 0 saturated heterocycles. The quantitative estimate of drug-likeness (QED) is 0.237. The van der Waals surface area contributed by atoms with Crippen LogP contribution < -0.4 is 15.0 Å². The Morgan fingerprint density at radius 2 is 1.80 bits per heavy atom. The number of aliphatic carboxylic acids is 1. The van der Waals surface area contributed by atoms with Crippen molar-refractivity contribution < 1.29 is 42.1 Å². The van der Waals surface area contributed by atoms with Crippen molar-refractivity contribution in [3.05, 3.63) is 82.9 Å². The molecule has 8 nitrogen and oxygen atoms in total. The van der Waals surface area contributed by atoms with E-state index in [-0.39, 0.29) is 12.5 Å². The Balaban J connectivity index is 1.37. The third-order valence-corrected chi connectivity index (χ3v) is 7.65. The number of carbonyl (C=O) groups is 3. The Labute approximate surface area is 253 Å². The van der Waals surface area contributed by atoms with Crippen molar-refractivity contribution in [1.82, 2.24) is 5.32 Å². The maximum absolute atomic E-state index is 13.3. The lowest BCUT2D eigenvalue weighted by atomic mass is 9.91. The number of hydrogen-bond donors (Lipinski definition) is 2. The van der Waals surface area contributed by atoms with Gasteiger partial charge in [0.15, 0.2) is 5.92 Å². The van der Waals surface area contributed by atoms with Gasteiger partial charge in [-0.15, -0.1) is 0 Å². The van der Waals surface area contributed by atoms with Crippen LogP contribution in [-0.4, -0.2) is 48.9 Å². The summed E-state index contributed by atoms with van der Waals surface area (Å²) < 4.78 is 49.4. The monoisotopic (exact) mass is 612 g/mol. The summed E-state index contributed by atoms with van der Waals surface area (Å²) in [4.78, 5) is 37.9. The Kier molecular flexibility index (Phi) is 10.5. The van der Waals surface area contributed by atoms with Crippen molar-refractivity contribution in [3.8, 4) is 16.9 Å². The van der Waals surface area contributed by atoms with E-state index in [1.807, 2.05) is 72.6 Å². The lowest BCUT2D eigenvalue weighted by Gasteiger charge is -2.31. The zero-order chi connectivity index (χ0) is 31.9. The Hall–Kier alpha value is -4.54. The summed E-state index contributed by atoms with van der Waals surface area (Å²) in [5.74, 6) is -3.96. The van der Waals surface area contributed by atoms with Gasteiger partial charge >= 0.3 is 18.2 Å². The molecular formula is C33H35F3N2O6. The Morgan fingerprint density at radius 3 is 2.55 bits per heavy atom. The van der Waals surface area contributed by atoms with E-state index in [0.717, 1.165) is 52.1 Å². The molecule has 0 aliphatic carbocycles. The molecule has 1 heterocycles. The van der Waals surface area contributed by atoms with E-state index in [1.54, 1.807) is 12.1 Å². The van der Waals surface area contributed by atoms with E-state index in [0.29, 0.717) is 31.6 Å². The van der Waals surface area contributed by atoms with Crippen LogP contribution in [0, 0.1) is 19.8 Å². The fourth-order valence-corrected chi connectivity index (χ4v) is 5.13. The number of rotatable bonds is 11. The first-order valence-corrected chi connectivity index (χ1v) is 14.4. The summed E-state index contributed by atoms with van der Waals surface area (Å²) >= 11 is 0. The van der Waals surface area contributed by atoms with Crippen molar-refractivity contribution >= 4 is 23.7 Å². The lowest BCUT2D eigenvalue weighted by Crippen LogP contribution is -2.41. The van der Waals surface area contributed by atoms with Gasteiger partial charge in [0.25, 0.3) is 0 Å². The summed E-state index contributed by atoms with van der Waals surface area (Å²) in [6.07, 6.45) is -3.65. The number of carboxylic acid groups (broad SMARTS) is 1. The molecule has 0 spiro atoms. The summed E-state index contributed by atoms with van der Waals surface area (Å²) in [6.45, 7) is 3.73. The zero-order valence-electron chi connectivity index (χ0n) is 24.6. The highest BCUT2D eigenvalue weighted by Gasteiger charge is 2.45. The van der Waals surface area contributed by atoms with Crippen molar-refractivity contribution in [1.29, 1.82) is 0 Å². The first kappa shape index (κ1) is 32.4. The molecule has 0 radical (unpaired) electrons. The molecule has 4 rings (SSSR count). The topological polar surface area (TPSA) is 105 Å².